The number of ether oxygens (including phenoxy) is 1. The van der Waals surface area contributed by atoms with E-state index in [9.17, 15) is 19.5 Å². The lowest BCUT2D eigenvalue weighted by molar-refractivity contribution is -0.129. The molecule has 198 valence electrons. The molecule has 0 saturated carbocycles. The average molecular weight is 536 g/mol. The second-order valence-corrected chi connectivity index (χ2v) is 10.7. The van der Waals surface area contributed by atoms with E-state index in [1.54, 1.807) is 17.2 Å². The van der Waals surface area contributed by atoms with Gasteiger partial charge in [0.1, 0.15) is 15.5 Å². The highest BCUT2D eigenvalue weighted by atomic mass is 32.1. The SMILES string of the molecule is C=CC(=O)N1C[C@H](O)C[C@@H](NC(=O)c2sc3nccc4c3c2NC(=O)N4c2ccc(OC(C)C)cc2C)C1. The molecule has 2 aliphatic rings. The quantitative estimate of drug-likeness (QED) is 0.411. The number of thiophene rings is 1. The molecular formula is C27H29N5O5S. The number of aliphatic hydroxyl groups is 1. The van der Waals surface area contributed by atoms with Crippen LogP contribution in [0.25, 0.3) is 10.2 Å². The van der Waals surface area contributed by atoms with Crippen molar-refractivity contribution >= 4 is 56.5 Å². The van der Waals surface area contributed by atoms with E-state index in [1.807, 2.05) is 39.0 Å². The van der Waals surface area contributed by atoms with E-state index in [2.05, 4.69) is 22.2 Å². The number of likely N-dealkylation sites (tertiary alicyclic amines) is 1. The summed E-state index contributed by atoms with van der Waals surface area (Å²) in [5.41, 5.74) is 2.58. The molecule has 11 heteroatoms. The van der Waals surface area contributed by atoms with Crippen molar-refractivity contribution in [2.45, 2.75) is 45.4 Å². The lowest BCUT2D eigenvalue weighted by Gasteiger charge is -2.35. The van der Waals surface area contributed by atoms with Gasteiger partial charge in [0, 0.05) is 25.3 Å². The molecular weight excluding hydrogens is 506 g/mol. The van der Waals surface area contributed by atoms with E-state index < -0.39 is 24.1 Å². The van der Waals surface area contributed by atoms with E-state index in [0.29, 0.717) is 38.6 Å². The van der Waals surface area contributed by atoms with Crippen molar-refractivity contribution in [1.82, 2.24) is 15.2 Å². The van der Waals surface area contributed by atoms with Crippen LogP contribution in [0.2, 0.25) is 0 Å². The highest BCUT2D eigenvalue weighted by molar-refractivity contribution is 7.21. The molecule has 0 radical (unpaired) electrons. The predicted molar refractivity (Wildman–Crippen MR) is 146 cm³/mol. The summed E-state index contributed by atoms with van der Waals surface area (Å²) < 4.78 is 5.79. The highest BCUT2D eigenvalue weighted by Gasteiger charge is 2.35. The summed E-state index contributed by atoms with van der Waals surface area (Å²) in [5.74, 6) is 0.00863. The normalized spacial score (nSPS) is 18.9. The molecule has 0 bridgehead atoms. The van der Waals surface area contributed by atoms with Crippen molar-refractivity contribution in [3.05, 3.63) is 53.6 Å². The topological polar surface area (TPSA) is 124 Å². The minimum absolute atomic E-state index is 0.0266. The van der Waals surface area contributed by atoms with Crippen molar-refractivity contribution in [3.8, 4) is 5.75 Å². The number of benzene rings is 1. The van der Waals surface area contributed by atoms with Crippen molar-refractivity contribution in [2.75, 3.05) is 23.3 Å². The zero-order chi connectivity index (χ0) is 27.1. The summed E-state index contributed by atoms with van der Waals surface area (Å²) in [4.78, 5) is 47.3. The van der Waals surface area contributed by atoms with Crippen LogP contribution in [0.3, 0.4) is 0 Å². The number of β-amino-alcohol motifs (C(OH)–C–C–N with tert-alkyl or cyclic N) is 1. The third kappa shape index (κ3) is 4.70. The fourth-order valence-electron chi connectivity index (χ4n) is 4.94. The molecule has 2 atom stereocenters. The lowest BCUT2D eigenvalue weighted by Crippen LogP contribution is -2.54. The van der Waals surface area contributed by atoms with Gasteiger partial charge in [0.2, 0.25) is 5.91 Å². The van der Waals surface area contributed by atoms with E-state index >= 15 is 0 Å². The Balaban J connectivity index is 1.47. The van der Waals surface area contributed by atoms with Gasteiger partial charge in [-0.1, -0.05) is 6.58 Å². The van der Waals surface area contributed by atoms with Gasteiger partial charge in [-0.2, -0.15) is 0 Å². The van der Waals surface area contributed by atoms with Crippen LogP contribution in [0.1, 0.15) is 35.5 Å². The van der Waals surface area contributed by atoms with Gasteiger partial charge in [-0.3, -0.25) is 14.5 Å². The molecule has 4 amide bonds. The number of aliphatic hydroxyl groups excluding tert-OH is 1. The lowest BCUT2D eigenvalue weighted by atomic mass is 10.0. The van der Waals surface area contributed by atoms with E-state index in [4.69, 9.17) is 4.74 Å². The Morgan fingerprint density at radius 3 is 2.79 bits per heavy atom. The Hall–Kier alpha value is -3.96. The fourth-order valence-corrected chi connectivity index (χ4v) is 5.97. The van der Waals surface area contributed by atoms with Crippen LogP contribution in [0, 0.1) is 6.92 Å². The number of nitrogens with zero attached hydrogens (tertiary/aromatic N) is 3. The number of hydrogen-bond donors (Lipinski definition) is 3. The maximum atomic E-state index is 13.4. The molecule has 3 aromatic rings. The third-order valence-electron chi connectivity index (χ3n) is 6.48. The van der Waals surface area contributed by atoms with Gasteiger partial charge in [-0.25, -0.2) is 9.78 Å². The Morgan fingerprint density at radius 2 is 2.08 bits per heavy atom. The Morgan fingerprint density at radius 1 is 1.29 bits per heavy atom. The molecule has 0 unspecified atom stereocenters. The number of rotatable bonds is 6. The number of urea groups is 1. The molecule has 4 heterocycles. The van der Waals surface area contributed by atoms with Crippen LogP contribution in [0.4, 0.5) is 21.9 Å². The van der Waals surface area contributed by atoms with Crippen molar-refractivity contribution < 1.29 is 24.2 Å². The summed E-state index contributed by atoms with van der Waals surface area (Å²) in [6.07, 6.45) is 2.38. The van der Waals surface area contributed by atoms with Gasteiger partial charge in [-0.05, 0) is 63.1 Å². The summed E-state index contributed by atoms with van der Waals surface area (Å²) in [7, 11) is 0. The van der Waals surface area contributed by atoms with Gasteiger partial charge < -0.3 is 25.4 Å². The standard InChI is InChI=1S/C27H29N5O5S/c1-5-21(34)31-12-16(11-17(33)13-31)29-25(35)24-23-22-20(8-9-28-26(22)38-24)32(27(36)30-23)19-7-6-18(10-15(19)4)37-14(2)3/h5-10,14,16-17,33H,1,11-13H2,2-4H3,(H,29,35)(H,30,36)/t16-,17-/m1/s1. The molecule has 0 aliphatic carbocycles. The van der Waals surface area contributed by atoms with Crippen LogP contribution in [0.5, 0.6) is 5.75 Å². The number of aromatic nitrogens is 1. The molecule has 5 rings (SSSR count). The van der Waals surface area contributed by atoms with E-state index in [-0.39, 0.29) is 25.1 Å². The number of carbonyl (C=O) groups is 3. The molecule has 10 nitrogen and oxygen atoms in total. The fraction of sp³-hybridized carbons (Fsp3) is 0.333. The maximum Gasteiger partial charge on any atom is 0.331 e. The van der Waals surface area contributed by atoms with Crippen LogP contribution in [-0.4, -0.2) is 64.2 Å². The smallest absolute Gasteiger partial charge is 0.331 e. The molecule has 38 heavy (non-hydrogen) atoms. The highest BCUT2D eigenvalue weighted by Crippen LogP contribution is 2.46. The monoisotopic (exact) mass is 535 g/mol. The Kier molecular flexibility index (Phi) is 6.80. The number of anilines is 3. The summed E-state index contributed by atoms with van der Waals surface area (Å²) >= 11 is 1.18. The number of nitrogens with one attached hydrogen (secondary N) is 2. The van der Waals surface area contributed by atoms with Crippen molar-refractivity contribution in [1.29, 1.82) is 0 Å². The number of aryl methyl sites for hydroxylation is 1. The molecule has 1 aromatic carbocycles. The summed E-state index contributed by atoms with van der Waals surface area (Å²) in [5, 5.41) is 16.7. The molecule has 3 N–H and O–H groups in total. The first-order valence-corrected chi connectivity index (χ1v) is 13.2. The van der Waals surface area contributed by atoms with Gasteiger partial charge >= 0.3 is 6.03 Å². The van der Waals surface area contributed by atoms with Gasteiger partial charge in [0.05, 0.1) is 34.7 Å². The van der Waals surface area contributed by atoms with Gasteiger partial charge in [-0.15, -0.1) is 11.3 Å². The molecule has 2 aliphatic heterocycles. The minimum atomic E-state index is -0.763. The molecule has 1 fully saturated rings. The number of amides is 4. The number of pyridine rings is 1. The van der Waals surface area contributed by atoms with Crippen molar-refractivity contribution in [2.24, 2.45) is 0 Å². The third-order valence-corrected chi connectivity index (χ3v) is 7.58. The molecule has 1 saturated heterocycles. The van der Waals surface area contributed by atoms with Crippen LogP contribution >= 0.6 is 11.3 Å². The largest absolute Gasteiger partial charge is 0.491 e. The predicted octanol–water partition coefficient (Wildman–Crippen LogP) is 3.95. The first kappa shape index (κ1) is 25.7. The van der Waals surface area contributed by atoms with E-state index in [1.165, 1.54) is 22.3 Å². The van der Waals surface area contributed by atoms with Crippen molar-refractivity contribution in [3.63, 3.8) is 0 Å². The molecule has 2 aromatic heterocycles. The van der Waals surface area contributed by atoms with Gasteiger partial charge in [0.25, 0.3) is 5.91 Å². The maximum absolute atomic E-state index is 13.4. The zero-order valence-corrected chi connectivity index (χ0v) is 22.2. The average Bonchev–Trinajstić information content (AvgIpc) is 3.23. The Labute approximate surface area is 223 Å². The minimum Gasteiger partial charge on any atom is -0.491 e. The van der Waals surface area contributed by atoms with Crippen LogP contribution < -0.4 is 20.3 Å². The molecule has 0 spiro atoms. The van der Waals surface area contributed by atoms with Crippen LogP contribution in [0.15, 0.2) is 43.1 Å². The Bertz CT molecular complexity index is 1450. The zero-order valence-electron chi connectivity index (χ0n) is 21.4. The second-order valence-electron chi connectivity index (χ2n) is 9.70. The van der Waals surface area contributed by atoms with E-state index in [0.717, 1.165) is 11.3 Å². The number of piperidine rings is 1. The first-order chi connectivity index (χ1) is 18.2. The first-order valence-electron chi connectivity index (χ1n) is 12.4. The summed E-state index contributed by atoms with van der Waals surface area (Å²) in [6.45, 7) is 9.76. The number of hydrogen-bond acceptors (Lipinski definition) is 7. The summed E-state index contributed by atoms with van der Waals surface area (Å²) in [6, 6.07) is 6.47. The number of carbonyl (C=O) groups excluding carboxylic acids is 3. The van der Waals surface area contributed by atoms with Gasteiger partial charge in [0.15, 0.2) is 0 Å². The van der Waals surface area contributed by atoms with Crippen LogP contribution in [-0.2, 0) is 4.79 Å². The second kappa shape index (κ2) is 10.1.